The Morgan fingerprint density at radius 3 is 2.59 bits per heavy atom. The number of aliphatic hydroxyl groups excluding tert-OH is 1. The van der Waals surface area contributed by atoms with Crippen LogP contribution in [0.3, 0.4) is 0 Å². The molecule has 1 aromatic heterocycles. The van der Waals surface area contributed by atoms with Gasteiger partial charge < -0.3 is 15.0 Å². The highest BCUT2D eigenvalue weighted by molar-refractivity contribution is 6.16. The molecule has 0 saturated heterocycles. The molecule has 1 aliphatic rings. The molecule has 34 heavy (non-hydrogen) atoms. The maximum absolute atomic E-state index is 13.8. The fourth-order valence-electron chi connectivity index (χ4n) is 4.58. The molecule has 1 aliphatic heterocycles. The summed E-state index contributed by atoms with van der Waals surface area (Å²) >= 11 is 0. The number of amides is 1. The maximum Gasteiger partial charge on any atom is 0.290 e. The molecular formula is C28H23FN2O3. The number of nitrogens with zero attached hydrogens (tertiary/aromatic N) is 1. The van der Waals surface area contributed by atoms with Gasteiger partial charge in [0.05, 0.1) is 11.6 Å². The molecule has 5 rings (SSSR count). The van der Waals surface area contributed by atoms with E-state index in [-0.39, 0.29) is 11.1 Å². The first-order valence-electron chi connectivity index (χ1n) is 11.1. The van der Waals surface area contributed by atoms with E-state index in [2.05, 4.69) is 4.98 Å². The zero-order valence-corrected chi connectivity index (χ0v) is 18.6. The number of hydrogen-bond acceptors (Lipinski definition) is 3. The van der Waals surface area contributed by atoms with Crippen molar-refractivity contribution in [3.63, 3.8) is 0 Å². The molecule has 3 aromatic carbocycles. The minimum absolute atomic E-state index is 0.0293. The van der Waals surface area contributed by atoms with Crippen LogP contribution >= 0.6 is 0 Å². The van der Waals surface area contributed by atoms with Gasteiger partial charge in [0.1, 0.15) is 5.82 Å². The molecule has 6 heteroatoms. The van der Waals surface area contributed by atoms with Crippen LogP contribution in [0.4, 0.5) is 4.39 Å². The fraction of sp³-hybridized carbons (Fsp3) is 0.143. The number of hydrogen-bond donors (Lipinski definition) is 2. The number of carbonyl (C=O) groups excluding carboxylic acids is 2. The van der Waals surface area contributed by atoms with Crippen molar-refractivity contribution in [2.45, 2.75) is 19.4 Å². The predicted molar refractivity (Wildman–Crippen MR) is 128 cm³/mol. The summed E-state index contributed by atoms with van der Waals surface area (Å²) < 4.78 is 13.8. The van der Waals surface area contributed by atoms with E-state index in [1.54, 1.807) is 0 Å². The molecule has 0 saturated carbocycles. The van der Waals surface area contributed by atoms with Crippen LogP contribution in [0.5, 0.6) is 0 Å². The van der Waals surface area contributed by atoms with Gasteiger partial charge in [-0.2, -0.15) is 0 Å². The first-order valence-corrected chi connectivity index (χ1v) is 11.1. The molecule has 0 bridgehead atoms. The number of aromatic nitrogens is 1. The molecular weight excluding hydrogens is 431 g/mol. The fourth-order valence-corrected chi connectivity index (χ4v) is 4.58. The Morgan fingerprint density at radius 1 is 1.06 bits per heavy atom. The molecule has 4 aromatic rings. The largest absolute Gasteiger partial charge is 0.503 e. The lowest BCUT2D eigenvalue weighted by molar-refractivity contribution is -0.129. The number of rotatable bonds is 6. The summed E-state index contributed by atoms with van der Waals surface area (Å²) in [6, 6.07) is 19.9. The Hall–Kier alpha value is -4.19. The zero-order valence-electron chi connectivity index (χ0n) is 18.6. The Bertz CT molecular complexity index is 1440. The number of aliphatic hydroxyl groups is 1. The number of para-hydroxylation sites is 1. The highest BCUT2D eigenvalue weighted by Gasteiger charge is 2.43. The first kappa shape index (κ1) is 21.6. The average molecular weight is 455 g/mol. The van der Waals surface area contributed by atoms with Crippen molar-refractivity contribution >= 4 is 22.6 Å². The molecule has 5 nitrogen and oxygen atoms in total. The summed E-state index contributed by atoms with van der Waals surface area (Å²) in [4.78, 5) is 31.3. The smallest absolute Gasteiger partial charge is 0.290 e. The van der Waals surface area contributed by atoms with E-state index in [4.69, 9.17) is 0 Å². The van der Waals surface area contributed by atoms with Crippen LogP contribution in [0, 0.1) is 12.7 Å². The van der Waals surface area contributed by atoms with Crippen LogP contribution in [0.2, 0.25) is 0 Å². The Labute approximate surface area is 196 Å². The quantitative estimate of drug-likeness (QED) is 0.381. The third-order valence-corrected chi connectivity index (χ3v) is 6.33. The topological polar surface area (TPSA) is 73.4 Å². The summed E-state index contributed by atoms with van der Waals surface area (Å²) in [6.45, 7) is 2.24. The number of fused-ring (bicyclic) bond motifs is 1. The van der Waals surface area contributed by atoms with E-state index < -0.39 is 29.3 Å². The van der Waals surface area contributed by atoms with Crippen LogP contribution < -0.4 is 0 Å². The molecule has 1 amide bonds. The lowest BCUT2D eigenvalue weighted by atomic mass is 9.92. The summed E-state index contributed by atoms with van der Waals surface area (Å²) in [5, 5.41) is 11.9. The normalized spacial score (nSPS) is 16.0. The predicted octanol–water partition coefficient (Wildman–Crippen LogP) is 5.44. The Balaban J connectivity index is 1.52. The van der Waals surface area contributed by atoms with Gasteiger partial charge in [0.25, 0.3) is 5.91 Å². The highest BCUT2D eigenvalue weighted by Crippen LogP contribution is 2.39. The van der Waals surface area contributed by atoms with E-state index in [1.165, 1.54) is 23.1 Å². The van der Waals surface area contributed by atoms with Crippen LogP contribution in [-0.4, -0.2) is 33.2 Å². The van der Waals surface area contributed by atoms with E-state index in [9.17, 15) is 19.1 Å². The minimum atomic E-state index is -0.769. The van der Waals surface area contributed by atoms with Gasteiger partial charge in [-0.25, -0.2) is 4.39 Å². The van der Waals surface area contributed by atoms with Crippen molar-refractivity contribution < 1.29 is 19.1 Å². The van der Waals surface area contributed by atoms with E-state index >= 15 is 0 Å². The van der Waals surface area contributed by atoms with Gasteiger partial charge in [0.2, 0.25) is 0 Å². The maximum atomic E-state index is 13.8. The number of halogens is 1. The SMILES string of the molecule is Cc1ccc(C2C(C(=O)c3cccc(F)c3)=C(O)C(=O)N2CCc2c[nH]c3ccccc23)cc1. The number of benzene rings is 3. The first-order chi connectivity index (χ1) is 16.4. The average Bonchev–Trinajstić information content (AvgIpc) is 3.36. The van der Waals surface area contributed by atoms with Crippen molar-refractivity contribution in [3.8, 4) is 0 Å². The second kappa shape index (κ2) is 8.63. The van der Waals surface area contributed by atoms with Crippen molar-refractivity contribution in [1.29, 1.82) is 0 Å². The Kier molecular flexibility index (Phi) is 5.49. The molecule has 0 fully saturated rings. The number of carbonyl (C=O) groups is 2. The summed E-state index contributed by atoms with van der Waals surface area (Å²) in [5.74, 6) is -2.31. The summed E-state index contributed by atoms with van der Waals surface area (Å²) in [5.41, 5.74) is 3.84. The standard InChI is InChI=1S/C28H23FN2O3/c1-17-9-11-18(12-10-17)25-24(26(32)19-5-4-6-21(29)15-19)27(33)28(34)31(25)14-13-20-16-30-23-8-3-2-7-22(20)23/h2-12,15-16,25,30,33H,13-14H2,1H3. The van der Waals surface area contributed by atoms with Gasteiger partial charge in [0, 0.05) is 29.2 Å². The Morgan fingerprint density at radius 2 is 1.82 bits per heavy atom. The third kappa shape index (κ3) is 3.77. The van der Waals surface area contributed by atoms with Gasteiger partial charge in [-0.1, -0.05) is 60.2 Å². The van der Waals surface area contributed by atoms with Crippen LogP contribution in [0.25, 0.3) is 10.9 Å². The van der Waals surface area contributed by atoms with Gasteiger partial charge in [-0.15, -0.1) is 0 Å². The zero-order chi connectivity index (χ0) is 23.8. The number of aromatic amines is 1. The molecule has 0 aliphatic carbocycles. The van der Waals surface area contributed by atoms with Gasteiger partial charge in [0.15, 0.2) is 11.5 Å². The third-order valence-electron chi connectivity index (χ3n) is 6.33. The number of Topliss-reactive ketones (excluding diaryl/α,β-unsaturated/α-hetero) is 1. The molecule has 170 valence electrons. The van der Waals surface area contributed by atoms with Crippen molar-refractivity contribution in [2.75, 3.05) is 6.54 Å². The molecule has 2 heterocycles. The van der Waals surface area contributed by atoms with Crippen LogP contribution in [0.15, 0.2) is 90.3 Å². The summed E-state index contributed by atoms with van der Waals surface area (Å²) in [6.07, 6.45) is 2.45. The number of nitrogens with one attached hydrogen (secondary N) is 1. The lowest BCUT2D eigenvalue weighted by Gasteiger charge is -2.27. The molecule has 0 radical (unpaired) electrons. The molecule has 1 unspecified atom stereocenters. The van der Waals surface area contributed by atoms with Crippen LogP contribution in [-0.2, 0) is 11.2 Å². The van der Waals surface area contributed by atoms with Crippen molar-refractivity contribution in [2.24, 2.45) is 0 Å². The van der Waals surface area contributed by atoms with E-state index in [0.29, 0.717) is 18.5 Å². The molecule has 2 N–H and O–H groups in total. The second-order valence-corrected chi connectivity index (χ2v) is 8.52. The monoisotopic (exact) mass is 454 g/mol. The van der Waals surface area contributed by atoms with Crippen molar-refractivity contribution in [3.05, 3.63) is 118 Å². The summed E-state index contributed by atoms with van der Waals surface area (Å²) in [7, 11) is 0. The van der Waals surface area contributed by atoms with E-state index in [1.807, 2.05) is 61.7 Å². The van der Waals surface area contributed by atoms with Gasteiger partial charge >= 0.3 is 0 Å². The lowest BCUT2D eigenvalue weighted by Crippen LogP contribution is -2.33. The molecule has 0 spiro atoms. The van der Waals surface area contributed by atoms with Gasteiger partial charge in [-0.3, -0.25) is 9.59 Å². The highest BCUT2D eigenvalue weighted by atomic mass is 19.1. The van der Waals surface area contributed by atoms with Crippen molar-refractivity contribution in [1.82, 2.24) is 9.88 Å². The number of ketones is 1. The minimum Gasteiger partial charge on any atom is -0.503 e. The number of aryl methyl sites for hydroxylation is 1. The van der Waals surface area contributed by atoms with Crippen LogP contribution in [0.1, 0.15) is 33.1 Å². The van der Waals surface area contributed by atoms with Gasteiger partial charge in [-0.05, 0) is 42.7 Å². The van der Waals surface area contributed by atoms with E-state index in [0.717, 1.165) is 28.1 Å². The number of H-pyrrole nitrogens is 1. The molecule has 1 atom stereocenters. The second-order valence-electron chi connectivity index (χ2n) is 8.52.